The molecule has 1 aromatic heterocycles. The van der Waals surface area contributed by atoms with Crippen LogP contribution in [0.5, 0.6) is 5.75 Å². The van der Waals surface area contributed by atoms with E-state index in [1.165, 1.54) is 18.2 Å². The van der Waals surface area contributed by atoms with E-state index in [0.717, 1.165) is 5.56 Å². The number of halogens is 3. The molecule has 34 heavy (non-hydrogen) atoms. The van der Waals surface area contributed by atoms with E-state index in [-0.39, 0.29) is 18.1 Å². The van der Waals surface area contributed by atoms with E-state index in [2.05, 4.69) is 32.4 Å². The summed E-state index contributed by atoms with van der Waals surface area (Å²) < 4.78 is 44.4. The van der Waals surface area contributed by atoms with Crippen molar-refractivity contribution >= 4 is 18.0 Å². The minimum atomic E-state index is -4.56. The molecular formula is C24H21F3N4O3. The lowest BCUT2D eigenvalue weighted by Crippen LogP contribution is -2.15. The van der Waals surface area contributed by atoms with Gasteiger partial charge in [0.25, 0.3) is 0 Å². The third kappa shape index (κ3) is 6.87. The van der Waals surface area contributed by atoms with E-state index in [4.69, 9.17) is 4.74 Å². The molecule has 0 aliphatic heterocycles. The molecule has 0 aliphatic carbocycles. The highest BCUT2D eigenvalue weighted by molar-refractivity contribution is 6.05. The third-order valence-electron chi connectivity index (χ3n) is 4.53. The molecule has 3 aromatic rings. The van der Waals surface area contributed by atoms with Crippen molar-refractivity contribution in [1.29, 1.82) is 0 Å². The van der Waals surface area contributed by atoms with Gasteiger partial charge in [-0.1, -0.05) is 18.1 Å². The summed E-state index contributed by atoms with van der Waals surface area (Å²) in [5.41, 5.74) is 1.21. The van der Waals surface area contributed by atoms with Gasteiger partial charge in [0.2, 0.25) is 6.41 Å². The Hall–Kier alpha value is -4.26. The van der Waals surface area contributed by atoms with Gasteiger partial charge in [-0.15, -0.1) is 0 Å². The summed E-state index contributed by atoms with van der Waals surface area (Å²) in [6.07, 6.45) is -2.78. The molecule has 3 rings (SSSR count). The number of aromatic nitrogens is 2. The monoisotopic (exact) mass is 470 g/mol. The number of aromatic amines is 1. The molecule has 0 saturated heterocycles. The number of nitrogens with one attached hydrogen (secondary N) is 3. The van der Waals surface area contributed by atoms with Crippen molar-refractivity contribution in [2.75, 3.05) is 18.5 Å². The fraction of sp³-hybridized carbons (Fsp3) is 0.208. The molecule has 7 nitrogen and oxygen atoms in total. The zero-order valence-corrected chi connectivity index (χ0v) is 18.1. The summed E-state index contributed by atoms with van der Waals surface area (Å²) in [5.74, 6) is 4.92. The molecule has 1 heterocycles. The quantitative estimate of drug-likeness (QED) is 0.264. The lowest BCUT2D eigenvalue weighted by atomic mass is 10.1. The maximum atomic E-state index is 12.9. The number of carbonyl (C=O) groups is 2. The number of nitrogens with zero attached hydrogens (tertiary/aromatic N) is 1. The van der Waals surface area contributed by atoms with Gasteiger partial charge in [-0.3, -0.25) is 9.59 Å². The summed E-state index contributed by atoms with van der Waals surface area (Å²) in [5, 5.41) is 5.13. The zero-order valence-electron chi connectivity index (χ0n) is 18.1. The van der Waals surface area contributed by atoms with Crippen LogP contribution in [0.1, 0.15) is 23.2 Å². The Labute approximate surface area is 193 Å². The molecular weight excluding hydrogens is 449 g/mol. The van der Waals surface area contributed by atoms with Crippen LogP contribution < -0.4 is 15.4 Å². The summed E-state index contributed by atoms with van der Waals surface area (Å²) >= 11 is 0. The van der Waals surface area contributed by atoms with Gasteiger partial charge < -0.3 is 20.4 Å². The van der Waals surface area contributed by atoms with Crippen molar-refractivity contribution in [2.24, 2.45) is 0 Å². The first kappa shape index (κ1) is 24.4. The second-order valence-corrected chi connectivity index (χ2v) is 7.20. The maximum Gasteiger partial charge on any atom is 0.432 e. The molecule has 176 valence electrons. The van der Waals surface area contributed by atoms with Crippen LogP contribution in [-0.2, 0) is 15.8 Å². The topological polar surface area (TPSA) is 96.1 Å². The second kappa shape index (κ2) is 11.0. The molecule has 2 aromatic carbocycles. The highest BCUT2D eigenvalue weighted by Gasteiger charge is 2.33. The predicted molar refractivity (Wildman–Crippen MR) is 120 cm³/mol. The molecule has 0 fully saturated rings. The van der Waals surface area contributed by atoms with Crippen molar-refractivity contribution < 1.29 is 27.5 Å². The van der Waals surface area contributed by atoms with Crippen LogP contribution in [0.4, 0.5) is 18.9 Å². The van der Waals surface area contributed by atoms with E-state index in [9.17, 15) is 22.8 Å². The molecule has 2 amide bonds. The third-order valence-corrected chi connectivity index (χ3v) is 4.53. The molecule has 10 heteroatoms. The van der Waals surface area contributed by atoms with E-state index >= 15 is 0 Å². The first-order valence-electron chi connectivity index (χ1n) is 10.2. The molecule has 3 N–H and O–H groups in total. The maximum absolute atomic E-state index is 12.9. The zero-order chi connectivity index (χ0) is 24.6. The Morgan fingerprint density at radius 3 is 2.76 bits per heavy atom. The number of aryl methyl sites for hydroxylation is 1. The van der Waals surface area contributed by atoms with Gasteiger partial charge in [-0.2, -0.15) is 13.2 Å². The van der Waals surface area contributed by atoms with Gasteiger partial charge in [0.05, 0.1) is 18.5 Å². The first-order chi connectivity index (χ1) is 16.3. The molecule has 0 unspecified atom stereocenters. The Bertz CT molecular complexity index is 1230. The first-order valence-corrected chi connectivity index (χ1v) is 10.2. The van der Waals surface area contributed by atoms with Gasteiger partial charge in [0.15, 0.2) is 0 Å². The number of amides is 2. The van der Waals surface area contributed by atoms with Crippen LogP contribution in [0.25, 0.3) is 11.4 Å². The molecule has 0 spiro atoms. The highest BCUT2D eigenvalue weighted by Crippen LogP contribution is 2.32. The summed E-state index contributed by atoms with van der Waals surface area (Å²) in [6.45, 7) is 2.54. The van der Waals surface area contributed by atoms with Crippen molar-refractivity contribution in [3.05, 3.63) is 65.5 Å². The minimum Gasteiger partial charge on any atom is -0.491 e. The van der Waals surface area contributed by atoms with Crippen molar-refractivity contribution in [3.63, 3.8) is 0 Å². The van der Waals surface area contributed by atoms with Crippen LogP contribution in [0.2, 0.25) is 0 Å². The predicted octanol–water partition coefficient (Wildman–Crippen LogP) is 3.91. The molecule has 0 saturated carbocycles. The van der Waals surface area contributed by atoms with E-state index in [1.54, 1.807) is 6.07 Å². The van der Waals surface area contributed by atoms with Gasteiger partial charge in [0, 0.05) is 23.6 Å². The van der Waals surface area contributed by atoms with Gasteiger partial charge in [-0.05, 0) is 49.2 Å². The summed E-state index contributed by atoms with van der Waals surface area (Å²) in [4.78, 5) is 28.8. The van der Waals surface area contributed by atoms with Crippen LogP contribution in [-0.4, -0.2) is 35.4 Å². The summed E-state index contributed by atoms with van der Waals surface area (Å²) in [7, 11) is 0. The van der Waals surface area contributed by atoms with Crippen molar-refractivity contribution in [3.8, 4) is 29.0 Å². The standard InChI is InChI=1S/C24H21F3N4O3/c1-16-4-2-5-17(12-16)6-9-22(33)30-19-13-18(23-29-14-21(31-23)24(25,26)27)7-8-20(19)34-11-3-10-28-15-32/h2,4-5,7-8,12-15H,3,10-11H2,1H3,(H,28,32)(H,29,31)(H,30,33). The number of carbonyl (C=O) groups excluding carboxylic acids is 2. The van der Waals surface area contributed by atoms with Crippen molar-refractivity contribution in [2.45, 2.75) is 19.5 Å². The fourth-order valence-electron chi connectivity index (χ4n) is 2.93. The number of benzene rings is 2. The number of rotatable bonds is 8. The molecule has 0 bridgehead atoms. The van der Waals surface area contributed by atoms with E-state index in [1.807, 2.05) is 25.1 Å². The lowest BCUT2D eigenvalue weighted by Gasteiger charge is -2.13. The highest BCUT2D eigenvalue weighted by atomic mass is 19.4. The average Bonchev–Trinajstić information content (AvgIpc) is 3.29. The summed E-state index contributed by atoms with van der Waals surface area (Å²) in [6, 6.07) is 11.8. The van der Waals surface area contributed by atoms with Crippen LogP contribution in [0.3, 0.4) is 0 Å². The number of anilines is 1. The van der Waals surface area contributed by atoms with E-state index in [0.29, 0.717) is 42.4 Å². The Balaban J connectivity index is 1.83. The fourth-order valence-corrected chi connectivity index (χ4v) is 2.93. The van der Waals surface area contributed by atoms with E-state index < -0.39 is 17.8 Å². The van der Waals surface area contributed by atoms with Gasteiger partial charge in [0.1, 0.15) is 17.3 Å². The lowest BCUT2D eigenvalue weighted by molar-refractivity contribution is -0.140. The molecule has 0 radical (unpaired) electrons. The SMILES string of the molecule is Cc1cccc(C#CC(=O)Nc2cc(-c3ncc(C(F)(F)F)[nH]3)ccc2OCCCNC=O)c1. The number of H-pyrrole nitrogens is 1. The average molecular weight is 470 g/mol. The number of hydrogen-bond acceptors (Lipinski definition) is 4. The largest absolute Gasteiger partial charge is 0.491 e. The van der Waals surface area contributed by atoms with Gasteiger partial charge >= 0.3 is 12.1 Å². The number of ether oxygens (including phenoxy) is 1. The van der Waals surface area contributed by atoms with Crippen LogP contribution >= 0.6 is 0 Å². The number of alkyl halides is 3. The van der Waals surface area contributed by atoms with Crippen LogP contribution in [0.15, 0.2) is 48.7 Å². The molecule has 0 atom stereocenters. The Morgan fingerprint density at radius 2 is 2.06 bits per heavy atom. The van der Waals surface area contributed by atoms with Crippen LogP contribution in [0, 0.1) is 18.8 Å². The smallest absolute Gasteiger partial charge is 0.432 e. The Kier molecular flexibility index (Phi) is 7.92. The number of hydrogen-bond donors (Lipinski definition) is 3. The second-order valence-electron chi connectivity index (χ2n) is 7.20. The van der Waals surface area contributed by atoms with Gasteiger partial charge in [-0.25, -0.2) is 4.98 Å². The molecule has 0 aliphatic rings. The normalized spacial score (nSPS) is 10.7. The van der Waals surface area contributed by atoms with Crippen molar-refractivity contribution in [1.82, 2.24) is 15.3 Å². The minimum absolute atomic E-state index is 0.0181. The Morgan fingerprint density at radius 1 is 1.24 bits per heavy atom. The number of imidazole rings is 1.